The summed E-state index contributed by atoms with van der Waals surface area (Å²) in [5, 5.41) is 5.18. The van der Waals surface area contributed by atoms with E-state index in [0.29, 0.717) is 5.69 Å². The largest absolute Gasteiger partial charge is 0.417 e. The number of hydrogen-bond acceptors (Lipinski definition) is 5. The van der Waals surface area contributed by atoms with Gasteiger partial charge >= 0.3 is 6.18 Å². The Hall–Kier alpha value is -3.07. The molecular weight excluding hydrogens is 386 g/mol. The smallest absolute Gasteiger partial charge is 0.393 e. The molecule has 0 spiro atoms. The molecular formula is C17H12ClF4N5. The number of aromatic nitrogens is 2. The van der Waals surface area contributed by atoms with Crippen LogP contribution in [0.3, 0.4) is 0 Å². The third kappa shape index (κ3) is 4.37. The molecule has 0 bridgehead atoms. The number of rotatable bonds is 4. The summed E-state index contributed by atoms with van der Waals surface area (Å²) in [6.45, 7) is 0. The zero-order chi connectivity index (χ0) is 19.6. The number of halogens is 5. The molecule has 0 aliphatic rings. The molecule has 0 aliphatic carbocycles. The number of anilines is 5. The minimum absolute atomic E-state index is 0.0744. The molecule has 4 N–H and O–H groups in total. The van der Waals surface area contributed by atoms with Crippen LogP contribution in [0.2, 0.25) is 5.02 Å². The molecule has 3 rings (SSSR count). The molecule has 0 aliphatic heterocycles. The number of nitrogens with one attached hydrogen (secondary N) is 2. The number of benzene rings is 2. The summed E-state index contributed by atoms with van der Waals surface area (Å²) in [4.78, 5) is 7.93. The molecule has 0 fully saturated rings. The molecule has 0 radical (unpaired) electrons. The lowest BCUT2D eigenvalue weighted by Crippen LogP contribution is -2.08. The highest BCUT2D eigenvalue weighted by Crippen LogP contribution is 2.37. The molecule has 3 aromatic rings. The molecule has 140 valence electrons. The van der Waals surface area contributed by atoms with Gasteiger partial charge in [0.05, 0.1) is 10.6 Å². The van der Waals surface area contributed by atoms with Gasteiger partial charge in [0.15, 0.2) is 11.6 Å². The summed E-state index contributed by atoms with van der Waals surface area (Å²) >= 11 is 5.61. The first-order valence-electron chi connectivity index (χ1n) is 7.51. The van der Waals surface area contributed by atoms with Crippen molar-refractivity contribution in [3.8, 4) is 0 Å². The van der Waals surface area contributed by atoms with E-state index in [1.54, 1.807) is 0 Å². The number of hydrogen-bond donors (Lipinski definition) is 3. The van der Waals surface area contributed by atoms with Crippen molar-refractivity contribution < 1.29 is 17.6 Å². The Morgan fingerprint density at radius 2 is 1.44 bits per heavy atom. The molecule has 5 nitrogen and oxygen atoms in total. The summed E-state index contributed by atoms with van der Waals surface area (Å²) in [5.41, 5.74) is 5.71. The fourth-order valence-corrected chi connectivity index (χ4v) is 2.45. The van der Waals surface area contributed by atoms with Crippen molar-refractivity contribution >= 4 is 40.3 Å². The molecule has 27 heavy (non-hydrogen) atoms. The maximum atomic E-state index is 13.0. The first-order chi connectivity index (χ1) is 12.7. The maximum absolute atomic E-state index is 13.0. The zero-order valence-corrected chi connectivity index (χ0v) is 14.2. The second kappa shape index (κ2) is 7.28. The molecule has 1 aromatic heterocycles. The summed E-state index contributed by atoms with van der Waals surface area (Å²) in [7, 11) is 0. The first-order valence-corrected chi connectivity index (χ1v) is 7.88. The lowest BCUT2D eigenvalue weighted by atomic mass is 10.2. The van der Waals surface area contributed by atoms with Crippen LogP contribution in [-0.2, 0) is 6.18 Å². The standard InChI is InChI=1S/C17H12ClF4N5/c18-13-6-5-11(7-12(13)17(20,21)22)27-16-14(23)15(24-8-25-16)26-10-3-1-9(19)2-4-10/h1-8H,23H2,(H2,24,25,26,27). The van der Waals surface area contributed by atoms with E-state index in [9.17, 15) is 17.6 Å². The van der Waals surface area contributed by atoms with E-state index >= 15 is 0 Å². The van der Waals surface area contributed by atoms with Crippen LogP contribution >= 0.6 is 11.6 Å². The molecule has 1 heterocycles. The minimum atomic E-state index is -4.60. The highest BCUT2D eigenvalue weighted by atomic mass is 35.5. The molecule has 0 atom stereocenters. The van der Waals surface area contributed by atoms with Gasteiger partial charge in [0.1, 0.15) is 17.8 Å². The molecule has 0 saturated carbocycles. The van der Waals surface area contributed by atoms with Crippen LogP contribution in [0.1, 0.15) is 5.56 Å². The van der Waals surface area contributed by atoms with Gasteiger partial charge in [-0.3, -0.25) is 0 Å². The summed E-state index contributed by atoms with van der Waals surface area (Å²) < 4.78 is 51.9. The second-order valence-electron chi connectivity index (χ2n) is 5.43. The fraction of sp³-hybridized carbons (Fsp3) is 0.0588. The Morgan fingerprint density at radius 1 is 0.889 bits per heavy atom. The summed E-state index contributed by atoms with van der Waals surface area (Å²) in [6.07, 6.45) is -3.41. The van der Waals surface area contributed by atoms with Crippen molar-refractivity contribution in [2.75, 3.05) is 16.4 Å². The van der Waals surface area contributed by atoms with Crippen LogP contribution in [0.4, 0.5) is 46.3 Å². The van der Waals surface area contributed by atoms with Gasteiger partial charge in [-0.2, -0.15) is 13.2 Å². The van der Waals surface area contributed by atoms with E-state index < -0.39 is 22.6 Å². The lowest BCUT2D eigenvalue weighted by Gasteiger charge is -2.14. The third-order valence-corrected chi connectivity index (χ3v) is 3.85. The Bertz CT molecular complexity index is 961. The van der Waals surface area contributed by atoms with Crippen molar-refractivity contribution in [2.45, 2.75) is 6.18 Å². The predicted molar refractivity (Wildman–Crippen MR) is 95.9 cm³/mol. The molecule has 0 saturated heterocycles. The molecule has 2 aromatic carbocycles. The van der Waals surface area contributed by atoms with Crippen molar-refractivity contribution in [1.82, 2.24) is 9.97 Å². The average molecular weight is 398 g/mol. The maximum Gasteiger partial charge on any atom is 0.417 e. The monoisotopic (exact) mass is 397 g/mol. The van der Waals surface area contributed by atoms with E-state index in [1.165, 1.54) is 36.7 Å². The predicted octanol–water partition coefficient (Wildman–Crippen LogP) is 5.36. The molecule has 0 unspecified atom stereocenters. The van der Waals surface area contributed by atoms with Crippen LogP contribution < -0.4 is 16.4 Å². The van der Waals surface area contributed by atoms with Gasteiger partial charge in [-0.25, -0.2) is 14.4 Å². The Kier molecular flexibility index (Phi) is 5.04. The van der Waals surface area contributed by atoms with Gasteiger partial charge < -0.3 is 16.4 Å². The fourth-order valence-electron chi connectivity index (χ4n) is 2.22. The SMILES string of the molecule is Nc1c(Nc2ccc(F)cc2)ncnc1Nc1ccc(Cl)c(C(F)(F)F)c1. The topological polar surface area (TPSA) is 75.9 Å². The van der Waals surface area contributed by atoms with Crippen LogP contribution in [0.15, 0.2) is 48.8 Å². The van der Waals surface area contributed by atoms with Crippen molar-refractivity contribution in [1.29, 1.82) is 0 Å². The van der Waals surface area contributed by atoms with Crippen LogP contribution in [0, 0.1) is 5.82 Å². The van der Waals surface area contributed by atoms with Crippen molar-refractivity contribution in [3.05, 3.63) is 65.2 Å². The van der Waals surface area contributed by atoms with Gasteiger partial charge in [0.2, 0.25) is 0 Å². The normalized spacial score (nSPS) is 11.3. The molecule has 10 heteroatoms. The quantitative estimate of drug-likeness (QED) is 0.517. The first kappa shape index (κ1) is 18.7. The van der Waals surface area contributed by atoms with Crippen molar-refractivity contribution in [2.24, 2.45) is 0 Å². The minimum Gasteiger partial charge on any atom is -0.393 e. The molecule has 0 amide bonds. The van der Waals surface area contributed by atoms with Crippen LogP contribution in [0.5, 0.6) is 0 Å². The van der Waals surface area contributed by atoms with Crippen LogP contribution in [-0.4, -0.2) is 9.97 Å². The van der Waals surface area contributed by atoms with Crippen LogP contribution in [0.25, 0.3) is 0 Å². The number of nitrogens with zero attached hydrogens (tertiary/aromatic N) is 2. The van der Waals surface area contributed by atoms with Gasteiger partial charge in [0, 0.05) is 11.4 Å². The number of nitrogen functional groups attached to an aromatic ring is 1. The average Bonchev–Trinajstić information content (AvgIpc) is 2.61. The zero-order valence-electron chi connectivity index (χ0n) is 13.5. The summed E-state index contributed by atoms with van der Waals surface area (Å²) in [5.74, 6) is -0.0871. The highest BCUT2D eigenvalue weighted by Gasteiger charge is 2.33. The Labute approximate surface area is 156 Å². The van der Waals surface area contributed by atoms with E-state index in [2.05, 4.69) is 20.6 Å². The van der Waals surface area contributed by atoms with Gasteiger partial charge in [-0.05, 0) is 42.5 Å². The Balaban J connectivity index is 1.87. The number of alkyl halides is 3. The van der Waals surface area contributed by atoms with Gasteiger partial charge in [0.25, 0.3) is 0 Å². The second-order valence-corrected chi connectivity index (χ2v) is 5.84. The van der Waals surface area contributed by atoms with E-state index in [1.807, 2.05) is 0 Å². The van der Waals surface area contributed by atoms with E-state index in [0.717, 1.165) is 12.1 Å². The van der Waals surface area contributed by atoms with Crippen molar-refractivity contribution in [3.63, 3.8) is 0 Å². The lowest BCUT2D eigenvalue weighted by molar-refractivity contribution is -0.137. The van der Waals surface area contributed by atoms with E-state index in [-0.39, 0.29) is 23.0 Å². The van der Waals surface area contributed by atoms with E-state index in [4.69, 9.17) is 17.3 Å². The highest BCUT2D eigenvalue weighted by molar-refractivity contribution is 6.31. The summed E-state index contributed by atoms with van der Waals surface area (Å²) in [6, 6.07) is 8.83. The van der Waals surface area contributed by atoms with Gasteiger partial charge in [-0.1, -0.05) is 11.6 Å². The third-order valence-electron chi connectivity index (χ3n) is 3.53. The number of nitrogens with two attached hydrogens (primary N) is 1. The van der Waals surface area contributed by atoms with Gasteiger partial charge in [-0.15, -0.1) is 0 Å². The Morgan fingerprint density at radius 3 is 2.04 bits per heavy atom.